The van der Waals surface area contributed by atoms with Crippen molar-refractivity contribution in [2.75, 3.05) is 13.6 Å². The molecular weight excluding hydrogens is 232 g/mol. The van der Waals surface area contributed by atoms with Gasteiger partial charge in [0.05, 0.1) is 12.2 Å². The van der Waals surface area contributed by atoms with Crippen LogP contribution in [0.2, 0.25) is 6.82 Å². The SMILES string of the molecule is CCCN(C)C(=O)c1cc2c(cc1F)COB2C. The molecule has 0 aliphatic carbocycles. The van der Waals surface area contributed by atoms with Crippen LogP contribution >= 0.6 is 0 Å². The molecule has 96 valence electrons. The molecule has 0 aromatic heterocycles. The number of carbonyl (C=O) groups is 1. The van der Waals surface area contributed by atoms with Gasteiger partial charge in [-0.3, -0.25) is 4.79 Å². The lowest BCUT2D eigenvalue weighted by Crippen LogP contribution is -2.31. The van der Waals surface area contributed by atoms with Gasteiger partial charge in [-0.2, -0.15) is 0 Å². The van der Waals surface area contributed by atoms with Gasteiger partial charge in [-0.15, -0.1) is 0 Å². The summed E-state index contributed by atoms with van der Waals surface area (Å²) in [5.74, 6) is -0.726. The Morgan fingerprint density at radius 3 is 2.94 bits per heavy atom. The van der Waals surface area contributed by atoms with E-state index in [1.807, 2.05) is 13.7 Å². The second-order valence-electron chi connectivity index (χ2n) is 4.71. The van der Waals surface area contributed by atoms with Gasteiger partial charge in [0.2, 0.25) is 0 Å². The van der Waals surface area contributed by atoms with Gasteiger partial charge in [-0.25, -0.2) is 4.39 Å². The van der Waals surface area contributed by atoms with Crippen molar-refractivity contribution in [3.63, 3.8) is 0 Å². The van der Waals surface area contributed by atoms with Crippen molar-refractivity contribution >= 4 is 18.3 Å². The van der Waals surface area contributed by atoms with E-state index in [-0.39, 0.29) is 18.4 Å². The van der Waals surface area contributed by atoms with Crippen molar-refractivity contribution in [3.05, 3.63) is 29.1 Å². The Balaban J connectivity index is 2.34. The van der Waals surface area contributed by atoms with E-state index in [1.54, 1.807) is 18.0 Å². The number of hydrogen-bond acceptors (Lipinski definition) is 2. The highest BCUT2D eigenvalue weighted by molar-refractivity contribution is 6.67. The Morgan fingerprint density at radius 1 is 1.56 bits per heavy atom. The Kier molecular flexibility index (Phi) is 3.71. The van der Waals surface area contributed by atoms with E-state index in [0.717, 1.165) is 17.4 Å². The lowest BCUT2D eigenvalue weighted by molar-refractivity contribution is 0.0790. The van der Waals surface area contributed by atoms with Crippen molar-refractivity contribution in [1.82, 2.24) is 4.90 Å². The molecule has 0 N–H and O–H groups in total. The molecule has 1 amide bonds. The van der Waals surface area contributed by atoms with E-state index in [1.165, 1.54) is 6.07 Å². The lowest BCUT2D eigenvalue weighted by Gasteiger charge is -2.17. The van der Waals surface area contributed by atoms with Gasteiger partial charge < -0.3 is 9.55 Å². The summed E-state index contributed by atoms with van der Waals surface area (Å²) in [5, 5.41) is 0. The molecule has 0 saturated carbocycles. The quantitative estimate of drug-likeness (QED) is 0.762. The molecule has 1 heterocycles. The molecule has 5 heteroatoms. The van der Waals surface area contributed by atoms with Crippen LogP contribution in [0.3, 0.4) is 0 Å². The highest BCUT2D eigenvalue weighted by Gasteiger charge is 2.27. The van der Waals surface area contributed by atoms with Crippen LogP contribution in [-0.4, -0.2) is 31.3 Å². The summed E-state index contributed by atoms with van der Waals surface area (Å²) in [6, 6.07) is 3.06. The summed E-state index contributed by atoms with van der Waals surface area (Å²) in [6.07, 6.45) is 0.855. The van der Waals surface area contributed by atoms with Crippen LogP contribution in [-0.2, 0) is 11.3 Å². The van der Waals surface area contributed by atoms with Crippen LogP contribution in [0.5, 0.6) is 0 Å². The van der Waals surface area contributed by atoms with E-state index in [4.69, 9.17) is 4.65 Å². The smallest absolute Gasteiger partial charge is 0.324 e. The molecule has 0 fully saturated rings. The predicted molar refractivity (Wildman–Crippen MR) is 69.7 cm³/mol. The number of rotatable bonds is 3. The Bertz CT molecular complexity index is 478. The van der Waals surface area contributed by atoms with Gasteiger partial charge in [0, 0.05) is 13.6 Å². The molecule has 1 aliphatic rings. The number of carbonyl (C=O) groups excluding carboxylic acids is 1. The number of halogens is 1. The first-order valence-corrected chi connectivity index (χ1v) is 6.24. The monoisotopic (exact) mass is 249 g/mol. The van der Waals surface area contributed by atoms with Crippen LogP contribution in [0, 0.1) is 5.82 Å². The number of fused-ring (bicyclic) bond motifs is 1. The second kappa shape index (κ2) is 5.10. The fraction of sp³-hybridized carbons (Fsp3) is 0.462. The molecule has 0 saturated heterocycles. The fourth-order valence-electron chi connectivity index (χ4n) is 2.25. The van der Waals surface area contributed by atoms with E-state index in [2.05, 4.69) is 0 Å². The minimum atomic E-state index is -0.459. The molecule has 1 aliphatic heterocycles. The first-order chi connectivity index (χ1) is 8.54. The average Bonchev–Trinajstić information content (AvgIpc) is 2.69. The van der Waals surface area contributed by atoms with E-state index >= 15 is 0 Å². The van der Waals surface area contributed by atoms with Crippen LogP contribution in [0.4, 0.5) is 4.39 Å². The van der Waals surface area contributed by atoms with Crippen molar-refractivity contribution in [2.24, 2.45) is 0 Å². The predicted octanol–water partition coefficient (Wildman–Crippen LogP) is 1.67. The largest absolute Gasteiger partial charge is 0.427 e. The minimum absolute atomic E-state index is 0.0661. The van der Waals surface area contributed by atoms with Crippen molar-refractivity contribution in [2.45, 2.75) is 26.8 Å². The molecule has 3 nitrogen and oxygen atoms in total. The van der Waals surface area contributed by atoms with E-state index < -0.39 is 5.82 Å². The molecule has 0 radical (unpaired) electrons. The maximum Gasteiger partial charge on any atom is 0.324 e. The Hall–Kier alpha value is -1.36. The van der Waals surface area contributed by atoms with Gasteiger partial charge in [0.1, 0.15) is 5.82 Å². The molecule has 0 bridgehead atoms. The number of amides is 1. The van der Waals surface area contributed by atoms with Crippen LogP contribution < -0.4 is 5.46 Å². The maximum atomic E-state index is 13.9. The fourth-order valence-corrected chi connectivity index (χ4v) is 2.25. The van der Waals surface area contributed by atoms with Crippen molar-refractivity contribution in [3.8, 4) is 0 Å². The second-order valence-corrected chi connectivity index (χ2v) is 4.71. The Morgan fingerprint density at radius 2 is 2.28 bits per heavy atom. The summed E-state index contributed by atoms with van der Waals surface area (Å²) < 4.78 is 19.3. The first kappa shape index (κ1) is 13.1. The zero-order chi connectivity index (χ0) is 13.3. The molecule has 2 rings (SSSR count). The molecule has 1 aromatic rings. The normalized spacial score (nSPS) is 13.7. The number of nitrogens with zero attached hydrogens (tertiary/aromatic N) is 1. The maximum absolute atomic E-state index is 13.9. The molecular formula is C13H17BFNO2. The van der Waals surface area contributed by atoms with E-state index in [9.17, 15) is 9.18 Å². The van der Waals surface area contributed by atoms with Crippen molar-refractivity contribution < 1.29 is 13.8 Å². The highest BCUT2D eigenvalue weighted by Crippen LogP contribution is 2.17. The molecule has 1 aromatic carbocycles. The lowest BCUT2D eigenvalue weighted by atomic mass is 9.64. The first-order valence-electron chi connectivity index (χ1n) is 6.24. The summed E-state index contributed by atoms with van der Waals surface area (Å²) in [7, 11) is 1.69. The topological polar surface area (TPSA) is 29.5 Å². The third-order valence-corrected chi connectivity index (χ3v) is 3.29. The summed E-state index contributed by atoms with van der Waals surface area (Å²) in [6.45, 7) is 4.88. The summed E-state index contributed by atoms with van der Waals surface area (Å²) in [5.41, 5.74) is 1.90. The van der Waals surface area contributed by atoms with Gasteiger partial charge in [0.25, 0.3) is 5.91 Å². The van der Waals surface area contributed by atoms with Gasteiger partial charge >= 0.3 is 6.92 Å². The van der Waals surface area contributed by atoms with Gasteiger partial charge in [-0.05, 0) is 29.6 Å². The average molecular weight is 249 g/mol. The standard InChI is InChI=1S/C13H17BFNO2/c1-4-5-16(3)13(17)10-7-11-9(6-12(10)15)8-18-14(11)2/h6-7H,4-5,8H2,1-3H3. The number of hydrogen-bond donors (Lipinski definition) is 0. The third-order valence-electron chi connectivity index (χ3n) is 3.29. The zero-order valence-electron chi connectivity index (χ0n) is 11.0. The third kappa shape index (κ3) is 2.27. The molecule has 0 atom stereocenters. The minimum Gasteiger partial charge on any atom is -0.427 e. The van der Waals surface area contributed by atoms with Crippen molar-refractivity contribution in [1.29, 1.82) is 0 Å². The number of benzene rings is 1. The molecule has 18 heavy (non-hydrogen) atoms. The summed E-state index contributed by atoms with van der Waals surface area (Å²) in [4.78, 5) is 13.7. The zero-order valence-corrected chi connectivity index (χ0v) is 11.0. The van der Waals surface area contributed by atoms with Crippen LogP contribution in [0.1, 0.15) is 29.3 Å². The van der Waals surface area contributed by atoms with Gasteiger partial charge in [-0.1, -0.05) is 13.7 Å². The highest BCUT2D eigenvalue weighted by atomic mass is 19.1. The van der Waals surface area contributed by atoms with Crippen LogP contribution in [0.25, 0.3) is 0 Å². The van der Waals surface area contributed by atoms with Crippen LogP contribution in [0.15, 0.2) is 12.1 Å². The Labute approximate surface area is 107 Å². The molecule has 0 spiro atoms. The van der Waals surface area contributed by atoms with Gasteiger partial charge in [0.15, 0.2) is 0 Å². The molecule has 0 unspecified atom stereocenters. The summed E-state index contributed by atoms with van der Waals surface area (Å²) >= 11 is 0. The van der Waals surface area contributed by atoms with E-state index in [0.29, 0.717) is 13.2 Å².